The van der Waals surface area contributed by atoms with Gasteiger partial charge < -0.3 is 20.6 Å². The van der Waals surface area contributed by atoms with Gasteiger partial charge in [-0.3, -0.25) is 4.79 Å². The number of hydrogen-bond donors (Lipinski definition) is 3. The number of pyridine rings is 1. The number of carbonyl (C=O) groups excluding carboxylic acids is 1. The first-order valence-electron chi connectivity index (χ1n) is 6.05. The first kappa shape index (κ1) is 16.4. The Morgan fingerprint density at radius 3 is 2.85 bits per heavy atom. The second-order valence-electron chi connectivity index (χ2n) is 4.11. The van der Waals surface area contributed by atoms with E-state index in [1.54, 1.807) is 18.3 Å². The van der Waals surface area contributed by atoms with Crippen LogP contribution in [0.3, 0.4) is 0 Å². The predicted molar refractivity (Wildman–Crippen MR) is 78.7 cm³/mol. The molecule has 20 heavy (non-hydrogen) atoms. The molecule has 1 aromatic rings. The second kappa shape index (κ2) is 8.49. The van der Waals surface area contributed by atoms with Gasteiger partial charge in [0.2, 0.25) is 5.91 Å². The Morgan fingerprint density at radius 1 is 1.45 bits per heavy atom. The Kier molecular flexibility index (Phi) is 6.96. The molecule has 0 saturated heterocycles. The molecule has 0 saturated carbocycles. The lowest BCUT2D eigenvalue weighted by atomic mass is 10.3. The van der Waals surface area contributed by atoms with E-state index in [1.165, 1.54) is 11.9 Å². The van der Waals surface area contributed by atoms with Gasteiger partial charge in [0.1, 0.15) is 5.82 Å². The normalized spacial score (nSPS) is 10.1. The maximum absolute atomic E-state index is 11.6. The molecule has 1 aromatic heterocycles. The number of nitrogens with zero attached hydrogens (tertiary/aromatic N) is 2. The van der Waals surface area contributed by atoms with Gasteiger partial charge in [-0.05, 0) is 12.1 Å². The zero-order valence-corrected chi connectivity index (χ0v) is 12.7. The van der Waals surface area contributed by atoms with Gasteiger partial charge in [0.05, 0.1) is 0 Å². The van der Waals surface area contributed by atoms with Crippen molar-refractivity contribution in [1.82, 2.24) is 15.2 Å². The third-order valence-electron chi connectivity index (χ3n) is 2.47. The molecule has 2 amide bonds. The van der Waals surface area contributed by atoms with Crippen molar-refractivity contribution < 1.29 is 14.7 Å². The monoisotopic (exact) mass is 344 g/mol. The van der Waals surface area contributed by atoms with Crippen LogP contribution in [0.2, 0.25) is 0 Å². The molecule has 8 heteroatoms. The summed E-state index contributed by atoms with van der Waals surface area (Å²) in [5, 5.41) is 14.3. The smallest absolute Gasteiger partial charge is 0.407 e. The number of amides is 2. The molecule has 0 unspecified atom stereocenters. The highest BCUT2D eigenvalue weighted by molar-refractivity contribution is 9.10. The molecule has 0 bridgehead atoms. The average Bonchev–Trinajstić information content (AvgIpc) is 2.37. The molecule has 0 aliphatic rings. The summed E-state index contributed by atoms with van der Waals surface area (Å²) in [6.07, 6.45) is 0.926. The van der Waals surface area contributed by atoms with Crippen LogP contribution in [0.25, 0.3) is 0 Å². The van der Waals surface area contributed by atoms with Crippen molar-refractivity contribution in [2.45, 2.75) is 6.42 Å². The first-order valence-corrected chi connectivity index (χ1v) is 6.84. The summed E-state index contributed by atoms with van der Waals surface area (Å²) in [6.45, 7) is 1.36. The molecular formula is C12H17BrN4O3. The zero-order valence-electron chi connectivity index (χ0n) is 11.1. The van der Waals surface area contributed by atoms with E-state index in [1.807, 2.05) is 0 Å². The fraction of sp³-hybridized carbons (Fsp3) is 0.417. The zero-order chi connectivity index (χ0) is 15.0. The van der Waals surface area contributed by atoms with Gasteiger partial charge in [0.15, 0.2) is 0 Å². The van der Waals surface area contributed by atoms with Crippen LogP contribution in [0.15, 0.2) is 22.8 Å². The van der Waals surface area contributed by atoms with E-state index in [4.69, 9.17) is 5.11 Å². The van der Waals surface area contributed by atoms with Gasteiger partial charge in [-0.2, -0.15) is 0 Å². The van der Waals surface area contributed by atoms with Crippen LogP contribution >= 0.6 is 15.9 Å². The summed E-state index contributed by atoms with van der Waals surface area (Å²) < 4.78 is 0.845. The van der Waals surface area contributed by atoms with E-state index >= 15 is 0 Å². The Balaban J connectivity index is 2.16. The molecule has 3 N–H and O–H groups in total. The minimum atomic E-state index is -0.967. The van der Waals surface area contributed by atoms with E-state index in [9.17, 15) is 9.59 Å². The van der Waals surface area contributed by atoms with E-state index in [-0.39, 0.29) is 5.91 Å². The van der Waals surface area contributed by atoms with Gasteiger partial charge in [0, 0.05) is 43.8 Å². The highest BCUT2D eigenvalue weighted by Crippen LogP contribution is 2.12. The fourth-order valence-corrected chi connectivity index (χ4v) is 1.68. The van der Waals surface area contributed by atoms with Crippen molar-refractivity contribution in [3.05, 3.63) is 22.8 Å². The molecule has 7 nitrogen and oxygen atoms in total. The molecule has 110 valence electrons. The van der Waals surface area contributed by atoms with E-state index < -0.39 is 6.09 Å². The summed E-state index contributed by atoms with van der Waals surface area (Å²) >= 11 is 3.29. The Bertz CT molecular complexity index is 470. The molecule has 0 radical (unpaired) electrons. The number of anilines is 1. The summed E-state index contributed by atoms with van der Waals surface area (Å²) in [5.41, 5.74) is 0. The number of rotatable bonds is 7. The van der Waals surface area contributed by atoms with Crippen molar-refractivity contribution in [3.8, 4) is 0 Å². The lowest BCUT2D eigenvalue weighted by molar-refractivity contribution is -0.116. The highest BCUT2D eigenvalue weighted by Gasteiger charge is 2.05. The number of nitrogens with one attached hydrogen (secondary N) is 2. The summed E-state index contributed by atoms with van der Waals surface area (Å²) in [5.74, 6) is 0.352. The van der Waals surface area contributed by atoms with Crippen LogP contribution < -0.4 is 10.6 Å². The van der Waals surface area contributed by atoms with Crippen LogP contribution in [0, 0.1) is 0 Å². The quantitative estimate of drug-likeness (QED) is 0.649. The number of likely N-dealkylation sites (N-methyl/N-ethyl adjacent to an activating group) is 1. The number of carbonyl (C=O) groups is 2. The molecule has 1 heterocycles. The van der Waals surface area contributed by atoms with Gasteiger partial charge >= 0.3 is 6.09 Å². The van der Waals surface area contributed by atoms with Gasteiger partial charge in [-0.15, -0.1) is 0 Å². The Labute approximate surface area is 125 Å². The number of carboxylic acid groups (broad SMARTS) is 1. The minimum Gasteiger partial charge on any atom is -0.465 e. The molecule has 0 fully saturated rings. The fourth-order valence-electron chi connectivity index (χ4n) is 1.35. The van der Waals surface area contributed by atoms with Gasteiger partial charge in [-0.1, -0.05) is 15.9 Å². The van der Waals surface area contributed by atoms with Crippen LogP contribution in [0.4, 0.5) is 10.6 Å². The lowest BCUT2D eigenvalue weighted by Gasteiger charge is -2.13. The van der Waals surface area contributed by atoms with Gasteiger partial charge in [-0.25, -0.2) is 9.78 Å². The SMILES string of the molecule is CN(CCNCCC(=O)Nc1cc(Br)ccn1)C(=O)O. The van der Waals surface area contributed by atoms with Crippen molar-refractivity contribution >= 4 is 33.7 Å². The second-order valence-corrected chi connectivity index (χ2v) is 5.03. The van der Waals surface area contributed by atoms with Crippen molar-refractivity contribution in [2.24, 2.45) is 0 Å². The minimum absolute atomic E-state index is 0.144. The maximum atomic E-state index is 11.6. The van der Waals surface area contributed by atoms with Crippen LogP contribution in [0.5, 0.6) is 0 Å². The average molecular weight is 345 g/mol. The predicted octanol–water partition coefficient (Wildman–Crippen LogP) is 1.37. The molecule has 0 aliphatic carbocycles. The van der Waals surface area contributed by atoms with Crippen LogP contribution in [-0.4, -0.2) is 53.7 Å². The third-order valence-corrected chi connectivity index (χ3v) is 2.96. The van der Waals surface area contributed by atoms with Crippen LogP contribution in [-0.2, 0) is 4.79 Å². The topological polar surface area (TPSA) is 94.6 Å². The third kappa shape index (κ3) is 6.48. The van der Waals surface area contributed by atoms with Crippen LogP contribution in [0.1, 0.15) is 6.42 Å². The van der Waals surface area contributed by atoms with Crippen molar-refractivity contribution in [3.63, 3.8) is 0 Å². The summed E-state index contributed by atoms with van der Waals surface area (Å²) in [4.78, 5) is 27.3. The standard InChI is InChI=1S/C12H17BrN4O3/c1-17(12(19)20)7-6-14-4-3-11(18)16-10-8-9(13)2-5-15-10/h2,5,8,14H,3-4,6-7H2,1H3,(H,19,20)(H,15,16,18). The molecule has 1 rings (SSSR count). The van der Waals surface area contributed by atoms with E-state index in [2.05, 4.69) is 31.5 Å². The maximum Gasteiger partial charge on any atom is 0.407 e. The van der Waals surface area contributed by atoms with Crippen molar-refractivity contribution in [2.75, 3.05) is 32.0 Å². The van der Waals surface area contributed by atoms with Crippen molar-refractivity contribution in [1.29, 1.82) is 0 Å². The molecule has 0 aromatic carbocycles. The van der Waals surface area contributed by atoms with E-state index in [0.29, 0.717) is 31.9 Å². The Morgan fingerprint density at radius 2 is 2.20 bits per heavy atom. The lowest BCUT2D eigenvalue weighted by Crippen LogP contribution is -2.33. The largest absolute Gasteiger partial charge is 0.465 e. The number of hydrogen-bond acceptors (Lipinski definition) is 4. The highest BCUT2D eigenvalue weighted by atomic mass is 79.9. The summed E-state index contributed by atoms with van der Waals surface area (Å²) in [7, 11) is 1.50. The number of halogens is 1. The summed E-state index contributed by atoms with van der Waals surface area (Å²) in [6, 6.07) is 3.49. The number of aromatic nitrogens is 1. The Hall–Kier alpha value is -1.67. The van der Waals surface area contributed by atoms with Gasteiger partial charge in [0.25, 0.3) is 0 Å². The molecular weight excluding hydrogens is 328 g/mol. The first-order chi connectivity index (χ1) is 9.49. The molecule has 0 spiro atoms. The molecule has 0 atom stereocenters. The van der Waals surface area contributed by atoms with E-state index in [0.717, 1.165) is 4.47 Å². The molecule has 0 aliphatic heterocycles.